The van der Waals surface area contributed by atoms with Crippen molar-refractivity contribution in [3.05, 3.63) is 82.4 Å². The number of hydrogen-bond acceptors (Lipinski definition) is 10. The molecule has 41 heavy (non-hydrogen) atoms. The summed E-state index contributed by atoms with van der Waals surface area (Å²) in [6.45, 7) is 7.63. The van der Waals surface area contributed by atoms with Crippen LogP contribution in [0.3, 0.4) is 0 Å². The fourth-order valence-electron chi connectivity index (χ4n) is 4.31. The van der Waals surface area contributed by atoms with Crippen LogP contribution in [0.2, 0.25) is 0 Å². The number of benzene rings is 2. The zero-order valence-corrected chi connectivity index (χ0v) is 23.7. The number of amides is 1. The van der Waals surface area contributed by atoms with Crippen molar-refractivity contribution in [2.24, 2.45) is 0 Å². The van der Waals surface area contributed by atoms with Gasteiger partial charge in [-0.05, 0) is 43.2 Å². The number of carbonyl (C=O) groups excluding carboxylic acids is 3. The molecular weight excluding hydrogens is 548 g/mol. The second-order valence-corrected chi connectivity index (χ2v) is 10.1. The maximum absolute atomic E-state index is 13.5. The molecule has 11 heteroatoms. The number of aromatic hydroxyl groups is 1. The number of anilines is 1. The number of aromatic nitrogens is 1. The molecule has 3 aromatic rings. The Labute approximate surface area is 241 Å². The Kier molecular flexibility index (Phi) is 9.08. The quantitative estimate of drug-likeness (QED) is 0.0774. The second-order valence-electron chi connectivity index (χ2n) is 9.13. The van der Waals surface area contributed by atoms with Crippen molar-refractivity contribution in [1.82, 2.24) is 4.98 Å². The Balaban J connectivity index is 1.87. The summed E-state index contributed by atoms with van der Waals surface area (Å²) in [7, 11) is 1.37. The molecule has 1 fully saturated rings. The molecule has 1 aliphatic rings. The van der Waals surface area contributed by atoms with Gasteiger partial charge in [0.25, 0.3) is 5.78 Å². The summed E-state index contributed by atoms with van der Waals surface area (Å²) in [6.07, 6.45) is 3.22. The molecule has 1 aromatic heterocycles. The van der Waals surface area contributed by atoms with Crippen LogP contribution in [0.25, 0.3) is 5.76 Å². The van der Waals surface area contributed by atoms with E-state index in [1.807, 2.05) is 6.92 Å². The minimum atomic E-state index is -1.16. The Morgan fingerprint density at radius 2 is 2.00 bits per heavy atom. The lowest BCUT2D eigenvalue weighted by Gasteiger charge is -2.23. The third-order valence-electron chi connectivity index (χ3n) is 6.35. The minimum absolute atomic E-state index is 0.00938. The van der Waals surface area contributed by atoms with Gasteiger partial charge < -0.3 is 24.4 Å². The first-order valence-electron chi connectivity index (χ1n) is 12.9. The van der Waals surface area contributed by atoms with Crippen LogP contribution in [0.1, 0.15) is 52.3 Å². The summed E-state index contributed by atoms with van der Waals surface area (Å²) in [6, 6.07) is 9.79. The summed E-state index contributed by atoms with van der Waals surface area (Å²) in [4.78, 5) is 45.3. The van der Waals surface area contributed by atoms with Gasteiger partial charge in [0, 0.05) is 5.56 Å². The Morgan fingerprint density at radius 1 is 1.22 bits per heavy atom. The molecule has 0 saturated carbocycles. The average molecular weight is 579 g/mol. The molecule has 4 rings (SSSR count). The van der Waals surface area contributed by atoms with Gasteiger partial charge in [-0.1, -0.05) is 55.5 Å². The van der Waals surface area contributed by atoms with Crippen molar-refractivity contribution in [2.45, 2.75) is 32.7 Å². The SMILES string of the molecule is C=CCOC(=O)c1sc(N2C(=O)C(=O)/C(=C(/O)c3cccc(OCCCC)c3)C2c2ccc(O)c(OC)c2)nc1C. The molecule has 1 amide bonds. The van der Waals surface area contributed by atoms with Crippen molar-refractivity contribution >= 4 is 39.9 Å². The van der Waals surface area contributed by atoms with Crippen LogP contribution in [0.5, 0.6) is 17.2 Å². The summed E-state index contributed by atoms with van der Waals surface area (Å²) >= 11 is 0.884. The zero-order chi connectivity index (χ0) is 29.7. The molecule has 0 radical (unpaired) electrons. The van der Waals surface area contributed by atoms with E-state index in [2.05, 4.69) is 11.6 Å². The van der Waals surface area contributed by atoms with Gasteiger partial charge in [0.15, 0.2) is 16.6 Å². The van der Waals surface area contributed by atoms with E-state index in [9.17, 15) is 24.6 Å². The minimum Gasteiger partial charge on any atom is -0.507 e. The molecule has 2 aromatic carbocycles. The molecule has 1 saturated heterocycles. The highest BCUT2D eigenvalue weighted by Crippen LogP contribution is 2.45. The highest BCUT2D eigenvalue weighted by atomic mass is 32.1. The van der Waals surface area contributed by atoms with Gasteiger partial charge in [-0.3, -0.25) is 14.5 Å². The topological polar surface area (TPSA) is 135 Å². The lowest BCUT2D eigenvalue weighted by atomic mass is 9.95. The number of unbranched alkanes of at least 4 members (excludes halogenated alkanes) is 1. The number of hydrogen-bond donors (Lipinski definition) is 2. The highest BCUT2D eigenvalue weighted by molar-refractivity contribution is 7.17. The normalized spacial score (nSPS) is 16.1. The smallest absolute Gasteiger partial charge is 0.350 e. The number of aliphatic hydroxyl groups is 1. The van der Waals surface area contributed by atoms with Crippen LogP contribution in [0.15, 0.2) is 60.7 Å². The van der Waals surface area contributed by atoms with E-state index in [-0.39, 0.29) is 39.3 Å². The lowest BCUT2D eigenvalue weighted by molar-refractivity contribution is -0.132. The number of Topliss-reactive ketones (excluding diaryl/α,β-unsaturated/α-hetero) is 1. The molecule has 0 aliphatic carbocycles. The maximum Gasteiger partial charge on any atom is 0.350 e. The summed E-state index contributed by atoms with van der Waals surface area (Å²) in [5.41, 5.74) is 0.744. The van der Waals surface area contributed by atoms with E-state index < -0.39 is 29.5 Å². The number of esters is 1. The predicted octanol–water partition coefficient (Wildman–Crippen LogP) is 5.31. The first-order valence-corrected chi connectivity index (χ1v) is 13.7. The number of carbonyl (C=O) groups is 3. The van der Waals surface area contributed by atoms with Crippen molar-refractivity contribution < 1.29 is 38.8 Å². The van der Waals surface area contributed by atoms with Crippen molar-refractivity contribution in [3.63, 3.8) is 0 Å². The van der Waals surface area contributed by atoms with Crippen LogP contribution in [-0.2, 0) is 14.3 Å². The maximum atomic E-state index is 13.5. The standard InChI is InChI=1S/C30H30N2O8S/c1-5-7-14-39-20-10-8-9-19(15-20)25(34)23-24(18-11-12-21(33)22(16-18)38-4)32(28(36)26(23)35)30-31-17(3)27(41-30)29(37)40-13-6-2/h6,8-12,15-16,24,33-34H,2,5,7,13-14H2,1,3-4H3/b25-23+. The van der Waals surface area contributed by atoms with E-state index in [1.54, 1.807) is 31.2 Å². The van der Waals surface area contributed by atoms with Gasteiger partial charge in [-0.15, -0.1) is 0 Å². The van der Waals surface area contributed by atoms with E-state index >= 15 is 0 Å². The number of ketones is 1. The third kappa shape index (κ3) is 5.94. The van der Waals surface area contributed by atoms with E-state index in [1.165, 1.54) is 31.4 Å². The summed E-state index contributed by atoms with van der Waals surface area (Å²) in [5.74, 6) is -2.50. The van der Waals surface area contributed by atoms with Crippen molar-refractivity contribution in [2.75, 3.05) is 25.2 Å². The number of aryl methyl sites for hydroxylation is 1. The molecule has 2 heterocycles. The number of methoxy groups -OCH3 is 1. The fourth-order valence-corrected chi connectivity index (χ4v) is 5.29. The van der Waals surface area contributed by atoms with Crippen LogP contribution < -0.4 is 14.4 Å². The molecule has 1 aliphatic heterocycles. The number of phenolic OH excluding ortho intramolecular Hbond substituents is 1. The van der Waals surface area contributed by atoms with Crippen LogP contribution >= 0.6 is 11.3 Å². The number of thiazole rings is 1. The van der Waals surface area contributed by atoms with Crippen LogP contribution in [0.4, 0.5) is 5.13 Å². The van der Waals surface area contributed by atoms with E-state index in [4.69, 9.17) is 14.2 Å². The van der Waals surface area contributed by atoms with Gasteiger partial charge >= 0.3 is 11.9 Å². The van der Waals surface area contributed by atoms with Crippen LogP contribution in [-0.4, -0.2) is 53.2 Å². The van der Waals surface area contributed by atoms with Gasteiger partial charge in [-0.2, -0.15) is 0 Å². The number of rotatable bonds is 11. The fraction of sp³-hybridized carbons (Fsp3) is 0.267. The van der Waals surface area contributed by atoms with Crippen molar-refractivity contribution in [3.8, 4) is 17.2 Å². The van der Waals surface area contributed by atoms with Gasteiger partial charge in [0.05, 0.1) is 31.0 Å². The summed E-state index contributed by atoms with van der Waals surface area (Å²) < 4.78 is 16.2. The average Bonchev–Trinajstić information content (AvgIpc) is 3.48. The first kappa shape index (κ1) is 29.3. The predicted molar refractivity (Wildman–Crippen MR) is 154 cm³/mol. The molecule has 2 N–H and O–H groups in total. The molecule has 1 unspecified atom stereocenters. The van der Waals surface area contributed by atoms with Gasteiger partial charge in [0.1, 0.15) is 23.0 Å². The Hall–Kier alpha value is -4.64. The first-order chi connectivity index (χ1) is 19.7. The zero-order valence-electron chi connectivity index (χ0n) is 22.9. The van der Waals surface area contributed by atoms with Crippen LogP contribution in [0, 0.1) is 6.92 Å². The van der Waals surface area contributed by atoms with E-state index in [0.29, 0.717) is 23.6 Å². The number of aliphatic hydroxyl groups excluding tert-OH is 1. The lowest BCUT2D eigenvalue weighted by Crippen LogP contribution is -2.29. The number of ether oxygens (including phenoxy) is 3. The molecule has 214 valence electrons. The van der Waals surface area contributed by atoms with Gasteiger partial charge in [0.2, 0.25) is 0 Å². The monoisotopic (exact) mass is 578 g/mol. The largest absolute Gasteiger partial charge is 0.507 e. The third-order valence-corrected chi connectivity index (χ3v) is 7.48. The second kappa shape index (κ2) is 12.7. The molecule has 1 atom stereocenters. The highest BCUT2D eigenvalue weighted by Gasteiger charge is 2.48. The molecule has 0 bridgehead atoms. The van der Waals surface area contributed by atoms with E-state index in [0.717, 1.165) is 29.1 Å². The molecule has 0 spiro atoms. The van der Waals surface area contributed by atoms with Gasteiger partial charge in [-0.25, -0.2) is 9.78 Å². The Morgan fingerprint density at radius 3 is 2.71 bits per heavy atom. The molecule has 10 nitrogen and oxygen atoms in total. The molecular formula is C30H30N2O8S. The van der Waals surface area contributed by atoms with Crippen molar-refractivity contribution in [1.29, 1.82) is 0 Å². The summed E-state index contributed by atoms with van der Waals surface area (Å²) in [5, 5.41) is 21.7. The number of phenols is 1. The number of nitrogens with zero attached hydrogens (tertiary/aromatic N) is 2. The Bertz CT molecular complexity index is 1530.